The number of carbonyl (C=O) groups is 3. The summed E-state index contributed by atoms with van der Waals surface area (Å²) in [5.41, 5.74) is -0.299. The van der Waals surface area contributed by atoms with E-state index in [1.807, 2.05) is 0 Å². The standard InChI is InChI=1S/C22H22ClNO6/c1-22(2,21(28)29-17-11-18(20(26)27)24-12-17)30-16-9-5-14(6-10-16)19(25)13-3-7-15(23)8-4-13/h3-10,17-18,24H,11-12H2,1-2H3,(H,26,27)/t17-,18+/m1/s1. The molecule has 8 heteroatoms. The first-order valence-corrected chi connectivity index (χ1v) is 9.80. The van der Waals surface area contributed by atoms with E-state index in [1.165, 1.54) is 0 Å². The number of ketones is 1. The van der Waals surface area contributed by atoms with Crippen molar-refractivity contribution in [3.8, 4) is 5.75 Å². The van der Waals surface area contributed by atoms with E-state index >= 15 is 0 Å². The number of hydrogen-bond acceptors (Lipinski definition) is 6. The lowest BCUT2D eigenvalue weighted by Crippen LogP contribution is -2.42. The number of carboxylic acids is 1. The van der Waals surface area contributed by atoms with Gasteiger partial charge < -0.3 is 19.9 Å². The highest BCUT2D eigenvalue weighted by Gasteiger charge is 2.37. The van der Waals surface area contributed by atoms with E-state index in [0.29, 0.717) is 21.9 Å². The van der Waals surface area contributed by atoms with Crippen LogP contribution in [0.3, 0.4) is 0 Å². The normalized spacial score (nSPS) is 18.6. The zero-order valence-electron chi connectivity index (χ0n) is 16.6. The first-order valence-electron chi connectivity index (χ1n) is 9.42. The van der Waals surface area contributed by atoms with Gasteiger partial charge in [-0.05, 0) is 62.4 Å². The summed E-state index contributed by atoms with van der Waals surface area (Å²) in [5.74, 6) is -1.32. The molecule has 158 valence electrons. The first-order chi connectivity index (χ1) is 14.2. The molecule has 2 aromatic carbocycles. The minimum atomic E-state index is -1.29. The highest BCUT2D eigenvalue weighted by atomic mass is 35.5. The summed E-state index contributed by atoms with van der Waals surface area (Å²) < 4.78 is 11.2. The molecule has 0 saturated carbocycles. The van der Waals surface area contributed by atoms with Crippen LogP contribution >= 0.6 is 11.6 Å². The Bertz CT molecular complexity index is 939. The van der Waals surface area contributed by atoms with Crippen LogP contribution in [-0.4, -0.2) is 47.1 Å². The second kappa shape index (κ2) is 8.85. The summed E-state index contributed by atoms with van der Waals surface area (Å²) in [5, 5.41) is 12.3. The summed E-state index contributed by atoms with van der Waals surface area (Å²) >= 11 is 5.85. The lowest BCUT2D eigenvalue weighted by Gasteiger charge is -2.26. The van der Waals surface area contributed by atoms with Crippen LogP contribution in [0.15, 0.2) is 48.5 Å². The van der Waals surface area contributed by atoms with Gasteiger partial charge in [0.15, 0.2) is 11.4 Å². The Morgan fingerprint density at radius 2 is 1.60 bits per heavy atom. The summed E-state index contributed by atoms with van der Waals surface area (Å²) in [6.45, 7) is 3.42. The van der Waals surface area contributed by atoms with Crippen molar-refractivity contribution in [2.75, 3.05) is 6.54 Å². The van der Waals surface area contributed by atoms with Gasteiger partial charge in [-0.1, -0.05) is 11.6 Å². The predicted molar refractivity (Wildman–Crippen MR) is 110 cm³/mol. The van der Waals surface area contributed by atoms with Crippen LogP contribution < -0.4 is 10.1 Å². The molecule has 1 saturated heterocycles. The molecule has 0 bridgehead atoms. The van der Waals surface area contributed by atoms with Crippen LogP contribution in [0.25, 0.3) is 0 Å². The van der Waals surface area contributed by atoms with Gasteiger partial charge in [-0.3, -0.25) is 9.59 Å². The van der Waals surface area contributed by atoms with Gasteiger partial charge >= 0.3 is 11.9 Å². The number of benzene rings is 2. The zero-order valence-corrected chi connectivity index (χ0v) is 17.3. The summed E-state index contributed by atoms with van der Waals surface area (Å²) in [7, 11) is 0. The molecule has 0 unspecified atom stereocenters. The van der Waals surface area contributed by atoms with Crippen molar-refractivity contribution in [2.24, 2.45) is 0 Å². The molecule has 2 aromatic rings. The summed E-state index contributed by atoms with van der Waals surface area (Å²) in [4.78, 5) is 36.0. The Morgan fingerprint density at radius 1 is 1.03 bits per heavy atom. The van der Waals surface area contributed by atoms with Gasteiger partial charge in [0.05, 0.1) is 0 Å². The minimum Gasteiger partial charge on any atom is -0.480 e. The molecule has 0 amide bonds. The highest BCUT2D eigenvalue weighted by Crippen LogP contribution is 2.23. The molecule has 0 aliphatic carbocycles. The molecule has 0 aromatic heterocycles. The van der Waals surface area contributed by atoms with Crippen LogP contribution in [0.5, 0.6) is 5.75 Å². The first kappa shape index (κ1) is 21.8. The van der Waals surface area contributed by atoms with Crippen molar-refractivity contribution in [1.82, 2.24) is 5.32 Å². The third-order valence-electron chi connectivity index (χ3n) is 4.75. The Balaban J connectivity index is 1.61. The molecule has 0 spiro atoms. The Hall–Kier alpha value is -2.90. The maximum Gasteiger partial charge on any atom is 0.350 e. The Labute approximate surface area is 178 Å². The zero-order chi connectivity index (χ0) is 21.9. The monoisotopic (exact) mass is 431 g/mol. The summed E-state index contributed by atoms with van der Waals surface area (Å²) in [6.07, 6.45) is -0.320. The van der Waals surface area contributed by atoms with E-state index in [2.05, 4.69) is 5.32 Å². The van der Waals surface area contributed by atoms with Crippen LogP contribution in [0.1, 0.15) is 36.2 Å². The fraction of sp³-hybridized carbons (Fsp3) is 0.318. The molecule has 1 aliphatic heterocycles. The highest BCUT2D eigenvalue weighted by molar-refractivity contribution is 6.30. The van der Waals surface area contributed by atoms with E-state index in [9.17, 15) is 14.4 Å². The smallest absolute Gasteiger partial charge is 0.350 e. The number of halogens is 1. The second-order valence-electron chi connectivity index (χ2n) is 7.53. The molecule has 2 N–H and O–H groups in total. The van der Waals surface area contributed by atoms with Crippen molar-refractivity contribution in [2.45, 2.75) is 38.0 Å². The largest absolute Gasteiger partial charge is 0.480 e. The SMILES string of the molecule is CC(C)(Oc1ccc(C(=O)c2ccc(Cl)cc2)cc1)C(=O)O[C@H]1CN[C@H](C(=O)O)C1. The van der Waals surface area contributed by atoms with Gasteiger partial charge in [0, 0.05) is 29.1 Å². The number of ether oxygens (including phenoxy) is 2. The lowest BCUT2D eigenvalue weighted by molar-refractivity contribution is -0.164. The average Bonchev–Trinajstić information content (AvgIpc) is 3.17. The van der Waals surface area contributed by atoms with Crippen molar-refractivity contribution in [1.29, 1.82) is 0 Å². The number of esters is 1. The van der Waals surface area contributed by atoms with Crippen molar-refractivity contribution < 1.29 is 29.0 Å². The van der Waals surface area contributed by atoms with Crippen molar-refractivity contribution in [3.05, 3.63) is 64.7 Å². The van der Waals surface area contributed by atoms with Gasteiger partial charge in [-0.25, -0.2) is 4.79 Å². The van der Waals surface area contributed by atoms with Crippen molar-refractivity contribution in [3.63, 3.8) is 0 Å². The molecule has 3 rings (SSSR count). The number of aliphatic carboxylic acids is 1. The molecule has 1 aliphatic rings. The second-order valence-corrected chi connectivity index (χ2v) is 7.97. The Morgan fingerprint density at radius 3 is 2.13 bits per heavy atom. The fourth-order valence-electron chi connectivity index (χ4n) is 3.05. The van der Waals surface area contributed by atoms with Crippen LogP contribution in [0.2, 0.25) is 5.02 Å². The maximum atomic E-state index is 12.5. The van der Waals surface area contributed by atoms with E-state index < -0.39 is 29.7 Å². The Kier molecular flexibility index (Phi) is 6.43. The number of rotatable bonds is 7. The molecule has 2 atom stereocenters. The van der Waals surface area contributed by atoms with Gasteiger partial charge in [-0.2, -0.15) is 0 Å². The minimum absolute atomic E-state index is 0.154. The van der Waals surface area contributed by atoms with Crippen LogP contribution in [-0.2, 0) is 14.3 Å². The van der Waals surface area contributed by atoms with Gasteiger partial charge in [0.2, 0.25) is 0 Å². The maximum absolute atomic E-state index is 12.5. The third-order valence-corrected chi connectivity index (χ3v) is 5.00. The van der Waals surface area contributed by atoms with Crippen LogP contribution in [0, 0.1) is 0 Å². The van der Waals surface area contributed by atoms with E-state index in [1.54, 1.807) is 62.4 Å². The molecular weight excluding hydrogens is 410 g/mol. The predicted octanol–water partition coefficient (Wildman–Crippen LogP) is 3.09. The average molecular weight is 432 g/mol. The summed E-state index contributed by atoms with van der Waals surface area (Å²) in [6, 6.07) is 12.3. The fourth-order valence-corrected chi connectivity index (χ4v) is 3.18. The number of nitrogens with one attached hydrogen (secondary N) is 1. The molecule has 1 heterocycles. The lowest BCUT2D eigenvalue weighted by atomic mass is 10.0. The molecule has 7 nitrogen and oxygen atoms in total. The quantitative estimate of drug-likeness (QED) is 0.513. The molecule has 0 radical (unpaired) electrons. The van der Waals surface area contributed by atoms with E-state index in [0.717, 1.165) is 0 Å². The van der Waals surface area contributed by atoms with E-state index in [4.69, 9.17) is 26.2 Å². The topological polar surface area (TPSA) is 102 Å². The van der Waals surface area contributed by atoms with Crippen molar-refractivity contribution >= 4 is 29.3 Å². The van der Waals surface area contributed by atoms with Gasteiger partial charge in [0.1, 0.15) is 17.9 Å². The molecule has 1 fully saturated rings. The van der Waals surface area contributed by atoms with Gasteiger partial charge in [0.25, 0.3) is 0 Å². The van der Waals surface area contributed by atoms with Crippen LogP contribution in [0.4, 0.5) is 0 Å². The number of carboxylic acid groups (broad SMARTS) is 1. The van der Waals surface area contributed by atoms with Gasteiger partial charge in [-0.15, -0.1) is 0 Å². The number of carbonyl (C=O) groups excluding carboxylic acids is 2. The molecular formula is C22H22ClNO6. The van der Waals surface area contributed by atoms with E-state index in [-0.39, 0.29) is 18.7 Å². The third kappa shape index (κ3) is 5.17. The molecule has 30 heavy (non-hydrogen) atoms. The number of hydrogen-bond donors (Lipinski definition) is 2.